The Morgan fingerprint density at radius 3 is 2.64 bits per heavy atom. The van der Waals surface area contributed by atoms with Crippen molar-refractivity contribution in [2.24, 2.45) is 5.73 Å². The number of ether oxygens (including phenoxy) is 5. The summed E-state index contributed by atoms with van der Waals surface area (Å²) in [7, 11) is 1.52. The minimum absolute atomic E-state index is 0.0182. The Balaban J connectivity index is 1.55. The summed E-state index contributed by atoms with van der Waals surface area (Å²) in [5.41, 5.74) is 7.87. The monoisotopic (exact) mass is 484 g/mol. The number of para-hydroxylation sites is 2. The number of hydrogen-bond donors (Lipinski definition) is 1. The molecular weight excluding hydrogens is 460 g/mol. The van der Waals surface area contributed by atoms with Crippen LogP contribution >= 0.6 is 0 Å². The van der Waals surface area contributed by atoms with Crippen molar-refractivity contribution < 1.29 is 28.5 Å². The number of fused-ring (bicyclic) bond motifs is 1. The lowest BCUT2D eigenvalue weighted by atomic mass is 9.83. The first kappa shape index (κ1) is 24.2. The zero-order valence-corrected chi connectivity index (χ0v) is 19.6. The number of esters is 1. The minimum atomic E-state index is -0.610. The first-order valence-electron chi connectivity index (χ1n) is 11.1. The van der Waals surface area contributed by atoms with Gasteiger partial charge in [0.1, 0.15) is 35.5 Å². The quantitative estimate of drug-likeness (QED) is 0.269. The molecule has 0 aromatic heterocycles. The second-order valence-electron chi connectivity index (χ2n) is 7.71. The minimum Gasteiger partial charge on any atom is -0.493 e. The van der Waals surface area contributed by atoms with Crippen LogP contribution in [0.4, 0.5) is 0 Å². The molecule has 3 aromatic rings. The molecule has 0 spiro atoms. The number of nitrogens with two attached hydrogens (primary N) is 1. The van der Waals surface area contributed by atoms with Crippen molar-refractivity contribution in [2.75, 3.05) is 20.3 Å². The van der Waals surface area contributed by atoms with E-state index in [-0.39, 0.29) is 23.8 Å². The second-order valence-corrected chi connectivity index (χ2v) is 7.71. The molecule has 2 N–H and O–H groups in total. The number of nitrogens with zero attached hydrogens (tertiary/aromatic N) is 1. The summed E-state index contributed by atoms with van der Waals surface area (Å²) < 4.78 is 27.5. The van der Waals surface area contributed by atoms with Gasteiger partial charge in [-0.2, -0.15) is 5.26 Å². The summed E-state index contributed by atoms with van der Waals surface area (Å²) in [5, 5.41) is 9.79. The molecule has 1 atom stereocenters. The van der Waals surface area contributed by atoms with E-state index >= 15 is 0 Å². The number of carbonyl (C=O) groups excluding carboxylic acids is 1. The summed E-state index contributed by atoms with van der Waals surface area (Å²) in [5.74, 6) is 1.09. The number of allylic oxidation sites excluding steroid dienone is 1. The maximum Gasteiger partial charge on any atom is 0.349 e. The summed E-state index contributed by atoms with van der Waals surface area (Å²) in [6, 6.07) is 21.5. The van der Waals surface area contributed by atoms with Crippen LogP contribution < -0.4 is 29.4 Å². The summed E-state index contributed by atoms with van der Waals surface area (Å²) in [4.78, 5) is 12.4. The standard InChI is InChI=1S/C28H24N2O6/c1-3-13-33-19-8-6-7-18(14-19)27-21-12-11-20(15-25(21)36-28(30)22(27)16-29)35-26(31)17-34-24-10-5-4-9-23(24)32-2/h3-12,14-15,27H,1,13,17,30H2,2H3. The van der Waals surface area contributed by atoms with E-state index in [0.29, 0.717) is 35.2 Å². The van der Waals surface area contributed by atoms with Gasteiger partial charge in [-0.3, -0.25) is 0 Å². The molecule has 1 unspecified atom stereocenters. The maximum atomic E-state index is 12.4. The lowest BCUT2D eigenvalue weighted by molar-refractivity contribution is -0.136. The molecule has 0 bridgehead atoms. The van der Waals surface area contributed by atoms with Gasteiger partial charge in [-0.15, -0.1) is 0 Å². The smallest absolute Gasteiger partial charge is 0.349 e. The molecule has 36 heavy (non-hydrogen) atoms. The molecule has 0 amide bonds. The number of nitriles is 1. The molecule has 0 fully saturated rings. The fourth-order valence-electron chi connectivity index (χ4n) is 3.82. The van der Waals surface area contributed by atoms with Gasteiger partial charge in [-0.05, 0) is 35.9 Å². The highest BCUT2D eigenvalue weighted by atomic mass is 16.6. The van der Waals surface area contributed by atoms with Crippen molar-refractivity contribution in [3.05, 3.63) is 102 Å². The van der Waals surface area contributed by atoms with Crippen LogP contribution in [0.3, 0.4) is 0 Å². The second kappa shape index (κ2) is 11.0. The normalized spacial score (nSPS) is 14.1. The van der Waals surface area contributed by atoms with Gasteiger partial charge in [-0.25, -0.2) is 4.79 Å². The molecule has 3 aromatic carbocycles. The van der Waals surface area contributed by atoms with Gasteiger partial charge in [0, 0.05) is 11.6 Å². The third kappa shape index (κ3) is 5.26. The first-order chi connectivity index (χ1) is 17.5. The van der Waals surface area contributed by atoms with Crippen molar-refractivity contribution in [1.29, 1.82) is 5.26 Å². The third-order valence-corrected chi connectivity index (χ3v) is 5.40. The van der Waals surface area contributed by atoms with Gasteiger partial charge < -0.3 is 29.4 Å². The molecule has 1 heterocycles. The summed E-state index contributed by atoms with van der Waals surface area (Å²) in [6.07, 6.45) is 1.65. The molecule has 1 aliphatic rings. The molecule has 8 heteroatoms. The van der Waals surface area contributed by atoms with Crippen LogP contribution in [0.5, 0.6) is 28.7 Å². The van der Waals surface area contributed by atoms with Gasteiger partial charge >= 0.3 is 5.97 Å². The molecule has 0 saturated carbocycles. The number of benzene rings is 3. The van der Waals surface area contributed by atoms with Crippen molar-refractivity contribution in [3.8, 4) is 34.8 Å². The van der Waals surface area contributed by atoms with E-state index in [0.717, 1.165) is 5.56 Å². The fourth-order valence-corrected chi connectivity index (χ4v) is 3.82. The van der Waals surface area contributed by atoms with Gasteiger partial charge in [0.2, 0.25) is 5.88 Å². The highest BCUT2D eigenvalue weighted by Gasteiger charge is 2.31. The van der Waals surface area contributed by atoms with E-state index in [1.54, 1.807) is 48.5 Å². The van der Waals surface area contributed by atoms with Gasteiger partial charge in [0.05, 0.1) is 13.0 Å². The molecular formula is C28H24N2O6. The highest BCUT2D eigenvalue weighted by molar-refractivity contribution is 5.74. The van der Waals surface area contributed by atoms with Crippen LogP contribution in [0, 0.1) is 11.3 Å². The zero-order valence-electron chi connectivity index (χ0n) is 19.6. The van der Waals surface area contributed by atoms with E-state index in [2.05, 4.69) is 12.6 Å². The summed E-state index contributed by atoms with van der Waals surface area (Å²) in [6.45, 7) is 3.69. The molecule has 0 aliphatic carbocycles. The van der Waals surface area contributed by atoms with Crippen molar-refractivity contribution in [1.82, 2.24) is 0 Å². The lowest BCUT2D eigenvalue weighted by Crippen LogP contribution is -2.21. The van der Waals surface area contributed by atoms with Crippen LogP contribution in [0.15, 0.2) is 90.8 Å². The zero-order chi connectivity index (χ0) is 25.5. The van der Waals surface area contributed by atoms with Crippen LogP contribution in [-0.2, 0) is 4.79 Å². The van der Waals surface area contributed by atoms with Gasteiger partial charge in [0.25, 0.3) is 0 Å². The Bertz CT molecular complexity index is 1360. The van der Waals surface area contributed by atoms with E-state index in [1.807, 2.05) is 24.3 Å². The summed E-state index contributed by atoms with van der Waals surface area (Å²) >= 11 is 0. The largest absolute Gasteiger partial charge is 0.493 e. The number of rotatable bonds is 9. The Labute approximate surface area is 208 Å². The first-order valence-corrected chi connectivity index (χ1v) is 11.1. The average Bonchev–Trinajstić information content (AvgIpc) is 2.90. The van der Waals surface area contributed by atoms with Crippen molar-refractivity contribution >= 4 is 5.97 Å². The van der Waals surface area contributed by atoms with E-state index in [1.165, 1.54) is 7.11 Å². The topological polar surface area (TPSA) is 113 Å². The lowest BCUT2D eigenvalue weighted by Gasteiger charge is -2.27. The SMILES string of the molecule is C=CCOc1cccc(C2C(C#N)=C(N)Oc3cc(OC(=O)COc4ccccc4OC)ccc32)c1. The van der Waals surface area contributed by atoms with Gasteiger partial charge in [-0.1, -0.05) is 43.0 Å². The highest BCUT2D eigenvalue weighted by Crippen LogP contribution is 2.44. The van der Waals surface area contributed by atoms with E-state index in [9.17, 15) is 10.1 Å². The van der Waals surface area contributed by atoms with Crippen LogP contribution in [-0.4, -0.2) is 26.3 Å². The van der Waals surface area contributed by atoms with E-state index in [4.69, 9.17) is 29.4 Å². The molecule has 0 saturated heterocycles. The molecule has 0 radical (unpaired) electrons. The van der Waals surface area contributed by atoms with Crippen molar-refractivity contribution in [2.45, 2.75) is 5.92 Å². The molecule has 1 aliphatic heterocycles. The number of carbonyl (C=O) groups is 1. The predicted molar refractivity (Wildman–Crippen MR) is 132 cm³/mol. The van der Waals surface area contributed by atoms with Crippen LogP contribution in [0.2, 0.25) is 0 Å². The Morgan fingerprint density at radius 2 is 1.89 bits per heavy atom. The number of methoxy groups -OCH3 is 1. The predicted octanol–water partition coefficient (Wildman–Crippen LogP) is 4.46. The Kier molecular flexibility index (Phi) is 7.42. The fraction of sp³-hybridized carbons (Fsp3) is 0.143. The maximum absolute atomic E-state index is 12.4. The molecule has 4 rings (SSSR count). The third-order valence-electron chi connectivity index (χ3n) is 5.40. The average molecular weight is 485 g/mol. The Hall–Kier alpha value is -4.90. The van der Waals surface area contributed by atoms with Crippen molar-refractivity contribution in [3.63, 3.8) is 0 Å². The Morgan fingerprint density at radius 1 is 1.08 bits per heavy atom. The van der Waals surface area contributed by atoms with Crippen LogP contribution in [0.25, 0.3) is 0 Å². The van der Waals surface area contributed by atoms with Crippen LogP contribution in [0.1, 0.15) is 17.0 Å². The number of hydrogen-bond acceptors (Lipinski definition) is 8. The van der Waals surface area contributed by atoms with Gasteiger partial charge in [0.15, 0.2) is 18.1 Å². The molecule has 182 valence electrons. The van der Waals surface area contributed by atoms with E-state index < -0.39 is 11.9 Å². The molecule has 8 nitrogen and oxygen atoms in total.